The molecule has 0 aliphatic heterocycles. The molecule has 0 aliphatic carbocycles. The lowest BCUT2D eigenvalue weighted by atomic mass is 10.1. The van der Waals surface area contributed by atoms with Gasteiger partial charge in [0.25, 0.3) is 0 Å². The lowest BCUT2D eigenvalue weighted by Crippen LogP contribution is -2.23. The predicted molar refractivity (Wildman–Crippen MR) is 70.3 cm³/mol. The molecule has 2 aromatic rings. The largest absolute Gasteiger partial charge is 0.357 e. The van der Waals surface area contributed by atoms with E-state index in [1.807, 2.05) is 18.2 Å². The number of fused-ring (bicyclic) bond motifs is 1. The summed E-state index contributed by atoms with van der Waals surface area (Å²) in [5.41, 5.74) is 0. The highest BCUT2D eigenvalue weighted by molar-refractivity contribution is 6.30. The van der Waals surface area contributed by atoms with E-state index >= 15 is 0 Å². The molecule has 0 fully saturated rings. The molecule has 2 nitrogen and oxygen atoms in total. The van der Waals surface area contributed by atoms with Crippen LogP contribution in [-0.4, -0.2) is 18.1 Å². The molecule has 84 valence electrons. The Bertz CT molecular complexity index is 492. The molecule has 0 unspecified atom stereocenters. The molecule has 0 spiro atoms. The van der Waals surface area contributed by atoms with Crippen LogP contribution in [-0.2, 0) is 0 Å². The summed E-state index contributed by atoms with van der Waals surface area (Å²) in [6, 6.07) is 10.1. The minimum absolute atomic E-state index is 0.556. The molecule has 3 heteroatoms. The van der Waals surface area contributed by atoms with E-state index < -0.39 is 0 Å². The molecule has 0 aliphatic rings. The van der Waals surface area contributed by atoms with E-state index in [2.05, 4.69) is 35.9 Å². The Kier molecular flexibility index (Phi) is 3.30. The molecule has 0 bridgehead atoms. The summed E-state index contributed by atoms with van der Waals surface area (Å²) in [5, 5.41) is 2.86. The zero-order valence-electron chi connectivity index (χ0n) is 9.57. The highest BCUT2D eigenvalue weighted by atomic mass is 35.5. The zero-order valence-corrected chi connectivity index (χ0v) is 10.3. The van der Waals surface area contributed by atoms with E-state index in [9.17, 15) is 0 Å². The van der Waals surface area contributed by atoms with Gasteiger partial charge in [0.15, 0.2) is 0 Å². The number of hydrogen-bond acceptors (Lipinski definition) is 2. The van der Waals surface area contributed by atoms with Crippen molar-refractivity contribution in [1.29, 1.82) is 0 Å². The molecule has 0 N–H and O–H groups in total. The monoisotopic (exact) mass is 234 g/mol. The summed E-state index contributed by atoms with van der Waals surface area (Å²) < 4.78 is 0. The van der Waals surface area contributed by atoms with Crippen LogP contribution < -0.4 is 4.90 Å². The van der Waals surface area contributed by atoms with Crippen LogP contribution >= 0.6 is 11.6 Å². The van der Waals surface area contributed by atoms with Gasteiger partial charge in [-0.05, 0) is 25.3 Å². The molecular weight excluding hydrogens is 220 g/mol. The number of rotatable bonds is 3. The first-order chi connectivity index (χ1) is 7.76. The topological polar surface area (TPSA) is 16.1 Å². The standard InChI is InChI=1S/C13H15ClN2/c1-3-16(4-2)13-11-8-6-5-7-10(11)9-12(14)15-13/h5-9H,3-4H2,1-2H3. The molecule has 0 atom stereocenters. The maximum Gasteiger partial charge on any atom is 0.138 e. The summed E-state index contributed by atoms with van der Waals surface area (Å²) in [6.07, 6.45) is 0. The number of anilines is 1. The van der Waals surface area contributed by atoms with E-state index in [-0.39, 0.29) is 0 Å². The second-order valence-electron chi connectivity index (χ2n) is 3.66. The molecule has 0 amide bonds. The van der Waals surface area contributed by atoms with Gasteiger partial charge in [0.1, 0.15) is 11.0 Å². The maximum absolute atomic E-state index is 6.04. The van der Waals surface area contributed by atoms with Crippen molar-refractivity contribution in [1.82, 2.24) is 4.98 Å². The van der Waals surface area contributed by atoms with Crippen LogP contribution in [0.25, 0.3) is 10.8 Å². The fourth-order valence-electron chi connectivity index (χ4n) is 1.91. The van der Waals surface area contributed by atoms with Crippen molar-refractivity contribution in [3.05, 3.63) is 35.5 Å². The number of pyridine rings is 1. The predicted octanol–water partition coefficient (Wildman–Crippen LogP) is 3.73. The molecule has 0 saturated carbocycles. The summed E-state index contributed by atoms with van der Waals surface area (Å²) in [7, 11) is 0. The van der Waals surface area contributed by atoms with Crippen LogP contribution in [0.1, 0.15) is 13.8 Å². The number of aromatic nitrogens is 1. The van der Waals surface area contributed by atoms with Crippen LogP contribution in [0.3, 0.4) is 0 Å². The zero-order chi connectivity index (χ0) is 11.5. The van der Waals surface area contributed by atoms with Crippen LogP contribution in [0.5, 0.6) is 0 Å². The summed E-state index contributed by atoms with van der Waals surface area (Å²) in [5.74, 6) is 0.980. The Morgan fingerprint density at radius 1 is 1.19 bits per heavy atom. The van der Waals surface area contributed by atoms with Gasteiger partial charge in [-0.1, -0.05) is 35.9 Å². The number of hydrogen-bond donors (Lipinski definition) is 0. The Balaban J connectivity index is 2.66. The molecular formula is C13H15ClN2. The Morgan fingerprint density at radius 3 is 2.56 bits per heavy atom. The van der Waals surface area contributed by atoms with Gasteiger partial charge in [-0.2, -0.15) is 0 Å². The Hall–Kier alpha value is -1.28. The Morgan fingerprint density at radius 2 is 1.88 bits per heavy atom. The molecule has 16 heavy (non-hydrogen) atoms. The van der Waals surface area contributed by atoms with Gasteiger partial charge >= 0.3 is 0 Å². The van der Waals surface area contributed by atoms with Gasteiger partial charge in [0.2, 0.25) is 0 Å². The van der Waals surface area contributed by atoms with Crippen molar-refractivity contribution in [3.63, 3.8) is 0 Å². The van der Waals surface area contributed by atoms with Crippen molar-refractivity contribution in [2.45, 2.75) is 13.8 Å². The second-order valence-corrected chi connectivity index (χ2v) is 4.05. The SMILES string of the molecule is CCN(CC)c1nc(Cl)cc2ccccc12. The first kappa shape index (κ1) is 11.2. The fourth-order valence-corrected chi connectivity index (χ4v) is 2.11. The normalized spacial score (nSPS) is 10.7. The van der Waals surface area contributed by atoms with Gasteiger partial charge in [-0.25, -0.2) is 4.98 Å². The lowest BCUT2D eigenvalue weighted by Gasteiger charge is -2.21. The highest BCUT2D eigenvalue weighted by Gasteiger charge is 2.09. The van der Waals surface area contributed by atoms with Crippen molar-refractivity contribution in [2.24, 2.45) is 0 Å². The summed E-state index contributed by atoms with van der Waals surface area (Å²) in [6.45, 7) is 6.13. The number of halogens is 1. The third-order valence-electron chi connectivity index (χ3n) is 2.75. The van der Waals surface area contributed by atoms with Gasteiger partial charge in [0.05, 0.1) is 0 Å². The smallest absolute Gasteiger partial charge is 0.138 e. The molecule has 0 radical (unpaired) electrons. The highest BCUT2D eigenvalue weighted by Crippen LogP contribution is 2.27. The average Bonchev–Trinajstić information content (AvgIpc) is 2.30. The molecule has 1 heterocycles. The van der Waals surface area contributed by atoms with Gasteiger partial charge in [-0.15, -0.1) is 0 Å². The van der Waals surface area contributed by atoms with Crippen molar-refractivity contribution in [2.75, 3.05) is 18.0 Å². The van der Waals surface area contributed by atoms with Gasteiger partial charge in [-0.3, -0.25) is 0 Å². The van der Waals surface area contributed by atoms with E-state index in [0.717, 1.165) is 29.7 Å². The first-order valence-electron chi connectivity index (χ1n) is 5.56. The minimum Gasteiger partial charge on any atom is -0.357 e. The quantitative estimate of drug-likeness (QED) is 0.753. The molecule has 1 aromatic carbocycles. The van der Waals surface area contributed by atoms with Crippen LogP contribution in [0.4, 0.5) is 5.82 Å². The van der Waals surface area contributed by atoms with E-state index in [0.29, 0.717) is 5.15 Å². The minimum atomic E-state index is 0.556. The maximum atomic E-state index is 6.04. The lowest BCUT2D eigenvalue weighted by molar-refractivity contribution is 0.852. The van der Waals surface area contributed by atoms with Gasteiger partial charge < -0.3 is 4.90 Å². The van der Waals surface area contributed by atoms with Crippen LogP contribution in [0.15, 0.2) is 30.3 Å². The number of nitrogens with zero attached hydrogens (tertiary/aromatic N) is 2. The molecule has 1 aromatic heterocycles. The first-order valence-corrected chi connectivity index (χ1v) is 5.94. The fraction of sp³-hybridized carbons (Fsp3) is 0.308. The molecule has 2 rings (SSSR count). The Labute approximate surface area is 101 Å². The third-order valence-corrected chi connectivity index (χ3v) is 2.95. The summed E-state index contributed by atoms with van der Waals surface area (Å²) >= 11 is 6.04. The second kappa shape index (κ2) is 4.71. The van der Waals surface area contributed by atoms with Crippen molar-refractivity contribution in [3.8, 4) is 0 Å². The van der Waals surface area contributed by atoms with Crippen molar-refractivity contribution >= 4 is 28.2 Å². The van der Waals surface area contributed by atoms with Crippen molar-refractivity contribution < 1.29 is 0 Å². The third kappa shape index (κ3) is 1.98. The summed E-state index contributed by atoms with van der Waals surface area (Å²) in [4.78, 5) is 6.65. The van der Waals surface area contributed by atoms with E-state index in [4.69, 9.17) is 11.6 Å². The van der Waals surface area contributed by atoms with Gasteiger partial charge in [0, 0.05) is 18.5 Å². The number of benzene rings is 1. The van der Waals surface area contributed by atoms with Crippen LogP contribution in [0, 0.1) is 0 Å². The van der Waals surface area contributed by atoms with E-state index in [1.165, 1.54) is 0 Å². The van der Waals surface area contributed by atoms with Crippen LogP contribution in [0.2, 0.25) is 5.15 Å². The van der Waals surface area contributed by atoms with E-state index in [1.54, 1.807) is 0 Å². The average molecular weight is 235 g/mol. The molecule has 0 saturated heterocycles.